The van der Waals surface area contributed by atoms with Crippen LogP contribution in [0.15, 0.2) is 54.6 Å². The van der Waals surface area contributed by atoms with Crippen molar-refractivity contribution in [3.63, 3.8) is 0 Å². The summed E-state index contributed by atoms with van der Waals surface area (Å²) in [6, 6.07) is 11.8. The lowest BCUT2D eigenvalue weighted by molar-refractivity contribution is -0.0498. The van der Waals surface area contributed by atoms with Gasteiger partial charge in [-0.05, 0) is 48.0 Å². The number of carbonyl (C=O) groups is 1. The molecule has 0 radical (unpaired) electrons. The van der Waals surface area contributed by atoms with Crippen molar-refractivity contribution in [2.45, 2.75) is 6.61 Å². The summed E-state index contributed by atoms with van der Waals surface area (Å²) in [5.41, 5.74) is 1.13. The molecular weight excluding hydrogens is 278 g/mol. The Kier molecular flexibility index (Phi) is 4.66. The lowest BCUT2D eigenvalue weighted by atomic mass is 10.1. The highest BCUT2D eigenvalue weighted by atomic mass is 19.3. The number of rotatable bonds is 5. The summed E-state index contributed by atoms with van der Waals surface area (Å²) in [6.07, 6.45) is 2.94. The van der Waals surface area contributed by atoms with Crippen LogP contribution in [0, 0.1) is 0 Å². The van der Waals surface area contributed by atoms with E-state index in [0.717, 1.165) is 0 Å². The zero-order valence-corrected chi connectivity index (χ0v) is 10.9. The fraction of sp³-hybridized carbons (Fsp3) is 0.0625. The molecule has 0 aliphatic heterocycles. The van der Waals surface area contributed by atoms with Crippen molar-refractivity contribution < 1.29 is 23.4 Å². The first-order chi connectivity index (χ1) is 10.0. The lowest BCUT2D eigenvalue weighted by Gasteiger charge is -2.03. The van der Waals surface area contributed by atoms with Gasteiger partial charge in [-0.1, -0.05) is 18.2 Å². The van der Waals surface area contributed by atoms with Crippen LogP contribution in [0.1, 0.15) is 15.9 Å². The van der Waals surface area contributed by atoms with E-state index in [-0.39, 0.29) is 17.3 Å². The molecule has 3 nitrogen and oxygen atoms in total. The highest BCUT2D eigenvalue weighted by molar-refractivity contribution is 6.06. The number of allylic oxidation sites excluding steroid dienone is 1. The second-order valence-electron chi connectivity index (χ2n) is 4.19. The predicted molar refractivity (Wildman–Crippen MR) is 74.5 cm³/mol. The van der Waals surface area contributed by atoms with Crippen LogP contribution in [-0.2, 0) is 0 Å². The molecule has 0 aliphatic rings. The molecule has 2 rings (SSSR count). The molecule has 1 N–H and O–H groups in total. The Bertz CT molecular complexity index is 632. The van der Waals surface area contributed by atoms with E-state index >= 15 is 0 Å². The SMILES string of the molecule is O=C(/C=C/c1ccc(OC(F)F)cc1)c1ccc(O)cc1. The smallest absolute Gasteiger partial charge is 0.387 e. The number of ether oxygens (including phenoxy) is 1. The molecule has 0 atom stereocenters. The molecule has 0 unspecified atom stereocenters. The average Bonchev–Trinajstić information content (AvgIpc) is 2.46. The quantitative estimate of drug-likeness (QED) is 0.671. The molecule has 0 heterocycles. The summed E-state index contributed by atoms with van der Waals surface area (Å²) < 4.78 is 28.2. The van der Waals surface area contributed by atoms with Crippen LogP contribution in [0.3, 0.4) is 0 Å². The fourth-order valence-electron chi connectivity index (χ4n) is 1.65. The van der Waals surface area contributed by atoms with E-state index in [1.165, 1.54) is 42.5 Å². The van der Waals surface area contributed by atoms with Crippen molar-refractivity contribution in [1.29, 1.82) is 0 Å². The van der Waals surface area contributed by atoms with Gasteiger partial charge in [-0.15, -0.1) is 0 Å². The fourth-order valence-corrected chi connectivity index (χ4v) is 1.65. The van der Waals surface area contributed by atoms with Gasteiger partial charge in [-0.2, -0.15) is 8.78 Å². The van der Waals surface area contributed by atoms with Crippen molar-refractivity contribution in [1.82, 2.24) is 0 Å². The van der Waals surface area contributed by atoms with Gasteiger partial charge in [0.15, 0.2) is 5.78 Å². The van der Waals surface area contributed by atoms with Crippen molar-refractivity contribution in [3.05, 3.63) is 65.7 Å². The Morgan fingerprint density at radius 2 is 1.67 bits per heavy atom. The predicted octanol–water partition coefficient (Wildman–Crippen LogP) is 3.89. The van der Waals surface area contributed by atoms with Crippen LogP contribution < -0.4 is 4.74 Å². The highest BCUT2D eigenvalue weighted by Crippen LogP contribution is 2.16. The van der Waals surface area contributed by atoms with Crippen molar-refractivity contribution in [2.24, 2.45) is 0 Å². The summed E-state index contributed by atoms with van der Waals surface area (Å²) in [7, 11) is 0. The second-order valence-corrected chi connectivity index (χ2v) is 4.19. The van der Waals surface area contributed by atoms with Gasteiger partial charge in [0.25, 0.3) is 0 Å². The van der Waals surface area contributed by atoms with Crippen LogP contribution in [-0.4, -0.2) is 17.5 Å². The molecule has 0 aliphatic carbocycles. The summed E-state index contributed by atoms with van der Waals surface area (Å²) in [6.45, 7) is -2.86. The van der Waals surface area contributed by atoms with Gasteiger partial charge < -0.3 is 9.84 Å². The number of hydrogen-bond acceptors (Lipinski definition) is 3. The van der Waals surface area contributed by atoms with Gasteiger partial charge >= 0.3 is 6.61 Å². The minimum Gasteiger partial charge on any atom is -0.508 e. The zero-order valence-electron chi connectivity index (χ0n) is 10.9. The van der Waals surface area contributed by atoms with Gasteiger partial charge in [-0.25, -0.2) is 0 Å². The Morgan fingerprint density at radius 1 is 1.05 bits per heavy atom. The van der Waals surface area contributed by atoms with E-state index in [2.05, 4.69) is 4.74 Å². The normalized spacial score (nSPS) is 11.0. The summed E-state index contributed by atoms with van der Waals surface area (Å²) in [4.78, 5) is 11.8. The molecule has 0 saturated carbocycles. The highest BCUT2D eigenvalue weighted by Gasteiger charge is 2.04. The molecule has 0 spiro atoms. The maximum absolute atomic E-state index is 12.0. The first-order valence-corrected chi connectivity index (χ1v) is 6.11. The van der Waals surface area contributed by atoms with Gasteiger partial charge in [0.1, 0.15) is 11.5 Å². The van der Waals surface area contributed by atoms with E-state index in [4.69, 9.17) is 5.11 Å². The Morgan fingerprint density at radius 3 is 2.24 bits per heavy atom. The summed E-state index contributed by atoms with van der Waals surface area (Å²) in [5, 5.41) is 9.14. The molecule has 0 aromatic heterocycles. The molecule has 2 aromatic rings. The summed E-state index contributed by atoms with van der Waals surface area (Å²) >= 11 is 0. The second kappa shape index (κ2) is 6.65. The third kappa shape index (κ3) is 4.42. The van der Waals surface area contributed by atoms with Crippen LogP contribution in [0.4, 0.5) is 8.78 Å². The van der Waals surface area contributed by atoms with E-state index < -0.39 is 6.61 Å². The van der Waals surface area contributed by atoms with E-state index in [9.17, 15) is 13.6 Å². The molecule has 2 aromatic carbocycles. The van der Waals surface area contributed by atoms with Crippen LogP contribution in [0.25, 0.3) is 6.08 Å². The molecule has 108 valence electrons. The molecule has 21 heavy (non-hydrogen) atoms. The van der Waals surface area contributed by atoms with Gasteiger partial charge in [0.2, 0.25) is 0 Å². The molecule has 0 amide bonds. The summed E-state index contributed by atoms with van der Waals surface area (Å²) in [5.74, 6) is -0.0694. The standard InChI is InChI=1S/C16H12F2O3/c17-16(18)21-14-8-1-11(2-9-14)3-10-15(20)12-4-6-13(19)7-5-12/h1-10,16,19H/b10-3+. The van der Waals surface area contributed by atoms with Crippen LogP contribution in [0.5, 0.6) is 11.5 Å². The van der Waals surface area contributed by atoms with Crippen LogP contribution >= 0.6 is 0 Å². The molecular formula is C16H12F2O3. The minimum atomic E-state index is -2.86. The molecule has 5 heteroatoms. The third-order valence-corrected chi connectivity index (χ3v) is 2.68. The number of halogens is 2. The number of carbonyl (C=O) groups excluding carboxylic acids is 1. The Labute approximate surface area is 120 Å². The number of ketones is 1. The third-order valence-electron chi connectivity index (χ3n) is 2.68. The first kappa shape index (κ1) is 14.7. The topological polar surface area (TPSA) is 46.5 Å². The van der Waals surface area contributed by atoms with Gasteiger partial charge in [-0.3, -0.25) is 4.79 Å². The first-order valence-electron chi connectivity index (χ1n) is 6.11. The van der Waals surface area contributed by atoms with E-state index in [0.29, 0.717) is 11.1 Å². The average molecular weight is 290 g/mol. The largest absolute Gasteiger partial charge is 0.508 e. The number of alkyl halides is 2. The number of phenolic OH excluding ortho intramolecular Hbond substituents is 1. The maximum atomic E-state index is 12.0. The maximum Gasteiger partial charge on any atom is 0.387 e. The minimum absolute atomic E-state index is 0.0620. The number of hydrogen-bond donors (Lipinski definition) is 1. The Hall–Kier alpha value is -2.69. The van der Waals surface area contributed by atoms with Crippen molar-refractivity contribution in [3.8, 4) is 11.5 Å². The number of phenols is 1. The van der Waals surface area contributed by atoms with Crippen LogP contribution in [0.2, 0.25) is 0 Å². The molecule has 0 bridgehead atoms. The number of benzene rings is 2. The van der Waals surface area contributed by atoms with Gasteiger partial charge in [0, 0.05) is 5.56 Å². The molecule has 0 fully saturated rings. The monoisotopic (exact) mass is 290 g/mol. The lowest BCUT2D eigenvalue weighted by Crippen LogP contribution is -2.01. The van der Waals surface area contributed by atoms with E-state index in [1.807, 2.05) is 0 Å². The Balaban J connectivity index is 2.03. The number of aromatic hydroxyl groups is 1. The zero-order chi connectivity index (χ0) is 15.2. The van der Waals surface area contributed by atoms with Crippen molar-refractivity contribution in [2.75, 3.05) is 0 Å². The molecule has 0 saturated heterocycles. The van der Waals surface area contributed by atoms with E-state index in [1.54, 1.807) is 18.2 Å². The van der Waals surface area contributed by atoms with Gasteiger partial charge in [0.05, 0.1) is 0 Å². The van der Waals surface area contributed by atoms with Crippen molar-refractivity contribution >= 4 is 11.9 Å².